The molecule has 0 saturated heterocycles. The van der Waals surface area contributed by atoms with E-state index in [1.807, 2.05) is 12.1 Å². The zero-order valence-electron chi connectivity index (χ0n) is 14.5. The Balaban J connectivity index is 1.64. The summed E-state index contributed by atoms with van der Waals surface area (Å²) in [6.07, 6.45) is 0. The molecule has 1 amide bonds. The van der Waals surface area contributed by atoms with Gasteiger partial charge in [0.2, 0.25) is 22.7 Å². The average Bonchev–Trinajstić information content (AvgIpc) is 3.09. The SMILES string of the molecule is C[C@H](NS(=O)(=O)c1ccccc1)C(=O)N(C)Cc1ccc2c(c1)OCO2. The highest BCUT2D eigenvalue weighted by molar-refractivity contribution is 7.89. The van der Waals surface area contributed by atoms with Gasteiger partial charge in [0.1, 0.15) is 0 Å². The first-order valence-corrected chi connectivity index (χ1v) is 9.56. The Morgan fingerprint density at radius 2 is 1.85 bits per heavy atom. The smallest absolute Gasteiger partial charge is 0.241 e. The van der Waals surface area contributed by atoms with Gasteiger partial charge in [0.25, 0.3) is 0 Å². The lowest BCUT2D eigenvalue weighted by Gasteiger charge is -2.22. The number of benzene rings is 2. The number of ether oxygens (including phenoxy) is 2. The molecule has 0 aliphatic carbocycles. The van der Waals surface area contributed by atoms with Gasteiger partial charge in [-0.2, -0.15) is 4.72 Å². The second kappa shape index (κ2) is 7.35. The number of nitrogens with zero attached hydrogens (tertiary/aromatic N) is 1. The summed E-state index contributed by atoms with van der Waals surface area (Å²) in [5.41, 5.74) is 0.864. The van der Waals surface area contributed by atoms with E-state index in [9.17, 15) is 13.2 Å². The molecule has 1 aliphatic rings. The van der Waals surface area contributed by atoms with Crippen molar-refractivity contribution in [2.24, 2.45) is 0 Å². The van der Waals surface area contributed by atoms with Crippen LogP contribution in [0, 0.1) is 0 Å². The minimum absolute atomic E-state index is 0.123. The lowest BCUT2D eigenvalue weighted by Crippen LogP contribution is -2.45. The van der Waals surface area contributed by atoms with Crippen molar-refractivity contribution in [1.29, 1.82) is 0 Å². The highest BCUT2D eigenvalue weighted by Gasteiger charge is 2.24. The van der Waals surface area contributed by atoms with Crippen molar-refractivity contribution in [2.45, 2.75) is 24.4 Å². The molecule has 2 aromatic rings. The van der Waals surface area contributed by atoms with Gasteiger partial charge < -0.3 is 14.4 Å². The molecule has 0 spiro atoms. The average molecular weight is 376 g/mol. The first-order chi connectivity index (χ1) is 12.4. The molecule has 2 aromatic carbocycles. The second-order valence-electron chi connectivity index (χ2n) is 6.04. The van der Waals surface area contributed by atoms with Crippen molar-refractivity contribution in [3.8, 4) is 11.5 Å². The fraction of sp³-hybridized carbons (Fsp3) is 0.278. The van der Waals surface area contributed by atoms with Gasteiger partial charge in [-0.05, 0) is 36.8 Å². The van der Waals surface area contributed by atoms with Gasteiger partial charge in [0, 0.05) is 13.6 Å². The van der Waals surface area contributed by atoms with Gasteiger partial charge >= 0.3 is 0 Å². The third-order valence-corrected chi connectivity index (χ3v) is 5.55. The maximum Gasteiger partial charge on any atom is 0.241 e. The minimum Gasteiger partial charge on any atom is -0.454 e. The van der Waals surface area contributed by atoms with E-state index in [4.69, 9.17) is 9.47 Å². The van der Waals surface area contributed by atoms with Crippen molar-refractivity contribution in [3.63, 3.8) is 0 Å². The van der Waals surface area contributed by atoms with Crippen LogP contribution in [0.25, 0.3) is 0 Å². The number of hydrogen-bond donors (Lipinski definition) is 1. The Morgan fingerprint density at radius 1 is 1.15 bits per heavy atom. The van der Waals surface area contributed by atoms with Crippen LogP contribution in [0.1, 0.15) is 12.5 Å². The van der Waals surface area contributed by atoms with Crippen LogP contribution >= 0.6 is 0 Å². The van der Waals surface area contributed by atoms with E-state index in [0.717, 1.165) is 5.56 Å². The summed E-state index contributed by atoms with van der Waals surface area (Å²) in [4.78, 5) is 14.1. The van der Waals surface area contributed by atoms with Crippen LogP contribution in [0.4, 0.5) is 0 Å². The lowest BCUT2D eigenvalue weighted by molar-refractivity contribution is -0.131. The minimum atomic E-state index is -3.75. The second-order valence-corrected chi connectivity index (χ2v) is 7.75. The number of fused-ring (bicyclic) bond motifs is 1. The zero-order valence-corrected chi connectivity index (χ0v) is 15.3. The third-order valence-electron chi connectivity index (χ3n) is 3.99. The van der Waals surface area contributed by atoms with Crippen molar-refractivity contribution >= 4 is 15.9 Å². The highest BCUT2D eigenvalue weighted by Crippen LogP contribution is 2.32. The first kappa shape index (κ1) is 18.2. The van der Waals surface area contributed by atoms with Gasteiger partial charge in [-0.25, -0.2) is 8.42 Å². The van der Waals surface area contributed by atoms with Crippen LogP contribution in [0.3, 0.4) is 0 Å². The summed E-state index contributed by atoms with van der Waals surface area (Å²) in [5.74, 6) is 0.982. The number of rotatable bonds is 6. The third kappa shape index (κ3) is 3.97. The van der Waals surface area contributed by atoms with Crippen molar-refractivity contribution in [1.82, 2.24) is 9.62 Å². The molecule has 0 bridgehead atoms. The van der Waals surface area contributed by atoms with Crippen molar-refractivity contribution in [2.75, 3.05) is 13.8 Å². The quantitative estimate of drug-likeness (QED) is 0.830. The van der Waals surface area contributed by atoms with E-state index in [0.29, 0.717) is 18.0 Å². The number of hydrogen-bond acceptors (Lipinski definition) is 5. The van der Waals surface area contributed by atoms with Crippen LogP contribution in [0.5, 0.6) is 11.5 Å². The number of carbonyl (C=O) groups excluding carboxylic acids is 1. The Morgan fingerprint density at radius 3 is 2.58 bits per heavy atom. The molecule has 138 valence electrons. The topological polar surface area (TPSA) is 84.9 Å². The predicted octanol–water partition coefficient (Wildman–Crippen LogP) is 1.74. The molecule has 3 rings (SSSR count). The normalized spacial score (nSPS) is 14.1. The molecule has 8 heteroatoms. The molecule has 26 heavy (non-hydrogen) atoms. The molecule has 0 saturated carbocycles. The molecule has 0 radical (unpaired) electrons. The Hall–Kier alpha value is -2.58. The van der Waals surface area contributed by atoms with E-state index in [2.05, 4.69) is 4.72 Å². The van der Waals surface area contributed by atoms with Crippen LogP contribution in [-0.4, -0.2) is 39.1 Å². The van der Waals surface area contributed by atoms with Gasteiger partial charge in [0.15, 0.2) is 11.5 Å². The van der Waals surface area contributed by atoms with Gasteiger partial charge in [0.05, 0.1) is 10.9 Å². The number of carbonyl (C=O) groups is 1. The van der Waals surface area contributed by atoms with E-state index in [-0.39, 0.29) is 17.6 Å². The monoisotopic (exact) mass is 376 g/mol. The molecular weight excluding hydrogens is 356 g/mol. The highest BCUT2D eigenvalue weighted by atomic mass is 32.2. The Labute approximate surface area is 152 Å². The van der Waals surface area contributed by atoms with Crippen molar-refractivity contribution in [3.05, 3.63) is 54.1 Å². The van der Waals surface area contributed by atoms with Crippen LogP contribution in [-0.2, 0) is 21.4 Å². The molecule has 1 N–H and O–H groups in total. The molecule has 1 aliphatic heterocycles. The molecule has 0 fully saturated rings. The van der Waals surface area contributed by atoms with E-state index < -0.39 is 16.1 Å². The van der Waals surface area contributed by atoms with E-state index in [1.54, 1.807) is 31.3 Å². The molecule has 0 aromatic heterocycles. The predicted molar refractivity (Wildman–Crippen MR) is 95.3 cm³/mol. The molecule has 7 nitrogen and oxygen atoms in total. The molecular formula is C18H20N2O5S. The summed E-state index contributed by atoms with van der Waals surface area (Å²) in [7, 11) is -2.13. The molecule has 0 unspecified atom stereocenters. The summed E-state index contributed by atoms with van der Waals surface area (Å²) >= 11 is 0. The van der Waals surface area contributed by atoms with Crippen molar-refractivity contribution < 1.29 is 22.7 Å². The van der Waals surface area contributed by atoms with Gasteiger partial charge in [-0.1, -0.05) is 24.3 Å². The molecule has 1 atom stereocenters. The van der Waals surface area contributed by atoms with Gasteiger partial charge in [-0.3, -0.25) is 4.79 Å². The lowest BCUT2D eigenvalue weighted by atomic mass is 10.2. The summed E-state index contributed by atoms with van der Waals surface area (Å²) in [6, 6.07) is 12.5. The van der Waals surface area contributed by atoms with Gasteiger partial charge in [-0.15, -0.1) is 0 Å². The number of amides is 1. The van der Waals surface area contributed by atoms with Crippen LogP contribution < -0.4 is 14.2 Å². The van der Waals surface area contributed by atoms with Crippen LogP contribution in [0.15, 0.2) is 53.4 Å². The number of sulfonamides is 1. The summed E-state index contributed by atoms with van der Waals surface area (Å²) in [6.45, 7) is 2.04. The summed E-state index contributed by atoms with van der Waals surface area (Å²) < 4.78 is 37.7. The zero-order chi connectivity index (χ0) is 18.7. The Kier molecular flexibility index (Phi) is 5.15. The molecule has 1 heterocycles. The largest absolute Gasteiger partial charge is 0.454 e. The standard InChI is InChI=1S/C18H20N2O5S/c1-13(19-26(22,23)15-6-4-3-5-7-15)18(21)20(2)11-14-8-9-16-17(10-14)25-12-24-16/h3-10,13,19H,11-12H2,1-2H3/t13-/m0/s1. The fourth-order valence-electron chi connectivity index (χ4n) is 2.67. The first-order valence-electron chi connectivity index (χ1n) is 8.08. The van der Waals surface area contributed by atoms with E-state index in [1.165, 1.54) is 24.0 Å². The number of likely N-dealkylation sites (N-methyl/N-ethyl adjacent to an activating group) is 1. The fourth-order valence-corrected chi connectivity index (χ4v) is 3.89. The van der Waals surface area contributed by atoms with Crippen LogP contribution in [0.2, 0.25) is 0 Å². The number of nitrogens with one attached hydrogen (secondary N) is 1. The maximum absolute atomic E-state index is 12.5. The Bertz CT molecular complexity index is 899. The maximum atomic E-state index is 12.5. The summed E-state index contributed by atoms with van der Waals surface area (Å²) in [5, 5.41) is 0. The van der Waals surface area contributed by atoms with E-state index >= 15 is 0 Å².